The van der Waals surface area contributed by atoms with Crippen LogP contribution in [0, 0.1) is 0 Å². The van der Waals surface area contributed by atoms with Crippen molar-refractivity contribution < 1.29 is 32.8 Å². The summed E-state index contributed by atoms with van der Waals surface area (Å²) in [6, 6.07) is 0. The molecule has 9 heteroatoms. The molecule has 3 N–H and O–H groups in total. The standard InChI is InChI=1S/C49H90NO7P/c1-3-5-7-9-11-13-15-17-19-21-23-24-25-26-28-30-32-34-36-38-40-42-49(51)57-48(47-56-58(52,53)55-45-43-50)46-54-44-41-39-37-35-33-31-29-27-22-20-18-16-14-12-10-8-6-4-2/h6,8,12,14-15,17-18,20-21,23,48H,3-5,7,9-11,13,16,19,22,24-47,50H2,1-2H3,(H,52,53)/b8-6-,14-12-,17-15-,20-18-,23-21-. The Morgan fingerprint density at radius 1 is 0.534 bits per heavy atom. The maximum absolute atomic E-state index is 12.6. The van der Waals surface area contributed by atoms with Gasteiger partial charge in [0.25, 0.3) is 0 Å². The van der Waals surface area contributed by atoms with E-state index in [1.807, 2.05) is 0 Å². The third kappa shape index (κ3) is 45.3. The Morgan fingerprint density at radius 2 is 0.966 bits per heavy atom. The number of allylic oxidation sites excluding steroid dienone is 10. The molecule has 0 saturated heterocycles. The maximum Gasteiger partial charge on any atom is 0.472 e. The van der Waals surface area contributed by atoms with Gasteiger partial charge in [0.05, 0.1) is 19.8 Å². The molecule has 0 aromatic carbocycles. The fourth-order valence-corrected chi connectivity index (χ4v) is 7.22. The van der Waals surface area contributed by atoms with Gasteiger partial charge in [0.1, 0.15) is 6.10 Å². The van der Waals surface area contributed by atoms with E-state index in [1.165, 1.54) is 122 Å². The first-order valence-electron chi connectivity index (χ1n) is 23.8. The summed E-state index contributed by atoms with van der Waals surface area (Å²) in [5, 5.41) is 0. The number of carbonyl (C=O) groups is 1. The predicted molar refractivity (Wildman–Crippen MR) is 247 cm³/mol. The van der Waals surface area contributed by atoms with E-state index < -0.39 is 13.9 Å². The van der Waals surface area contributed by atoms with Crippen LogP contribution >= 0.6 is 7.82 Å². The molecular formula is C49H90NO7P. The molecule has 0 bridgehead atoms. The first kappa shape index (κ1) is 56.2. The van der Waals surface area contributed by atoms with Crippen molar-refractivity contribution in [3.05, 3.63) is 60.8 Å². The highest BCUT2D eigenvalue weighted by molar-refractivity contribution is 7.47. The Hall–Kier alpha value is -1.80. The molecule has 0 aliphatic heterocycles. The van der Waals surface area contributed by atoms with E-state index in [9.17, 15) is 14.3 Å². The number of ether oxygens (including phenoxy) is 2. The quantitative estimate of drug-likeness (QED) is 0.0269. The predicted octanol–water partition coefficient (Wildman–Crippen LogP) is 14.5. The third-order valence-electron chi connectivity index (χ3n) is 9.92. The van der Waals surface area contributed by atoms with Gasteiger partial charge in [-0.2, -0.15) is 0 Å². The third-order valence-corrected chi connectivity index (χ3v) is 10.9. The van der Waals surface area contributed by atoms with Gasteiger partial charge in [-0.15, -0.1) is 0 Å². The zero-order valence-electron chi connectivity index (χ0n) is 37.5. The molecule has 0 fully saturated rings. The Kier molecular flexibility index (Phi) is 44.8. The molecule has 58 heavy (non-hydrogen) atoms. The number of carbonyl (C=O) groups excluding carboxylic acids is 1. The minimum Gasteiger partial charge on any atom is -0.457 e. The zero-order valence-corrected chi connectivity index (χ0v) is 38.4. The Labute approximate surface area is 357 Å². The van der Waals surface area contributed by atoms with Gasteiger partial charge in [-0.05, 0) is 77.0 Å². The molecule has 338 valence electrons. The van der Waals surface area contributed by atoms with Crippen LogP contribution in [0.4, 0.5) is 0 Å². The number of rotatable bonds is 45. The summed E-state index contributed by atoms with van der Waals surface area (Å²) < 4.78 is 33.5. The summed E-state index contributed by atoms with van der Waals surface area (Å²) in [4.78, 5) is 22.6. The van der Waals surface area contributed by atoms with E-state index in [2.05, 4.69) is 74.6 Å². The van der Waals surface area contributed by atoms with Crippen LogP contribution < -0.4 is 5.73 Å². The van der Waals surface area contributed by atoms with Gasteiger partial charge in [0, 0.05) is 19.6 Å². The van der Waals surface area contributed by atoms with E-state index >= 15 is 0 Å². The fourth-order valence-electron chi connectivity index (χ4n) is 6.45. The van der Waals surface area contributed by atoms with E-state index in [-0.39, 0.29) is 32.3 Å². The summed E-state index contributed by atoms with van der Waals surface area (Å²) >= 11 is 0. The van der Waals surface area contributed by atoms with Crippen LogP contribution in [0.1, 0.15) is 206 Å². The number of esters is 1. The molecule has 0 aliphatic rings. The molecule has 0 saturated carbocycles. The molecular weight excluding hydrogens is 746 g/mol. The summed E-state index contributed by atoms with van der Waals surface area (Å²) in [6.45, 7) is 4.79. The van der Waals surface area contributed by atoms with Crippen LogP contribution in [-0.2, 0) is 27.9 Å². The molecule has 0 rings (SSSR count). The minimum atomic E-state index is -4.29. The van der Waals surface area contributed by atoms with Gasteiger partial charge in [-0.1, -0.05) is 184 Å². The average molecular weight is 836 g/mol. The normalized spacial score (nSPS) is 13.9. The molecule has 0 aromatic heterocycles. The van der Waals surface area contributed by atoms with Crippen LogP contribution in [-0.4, -0.2) is 49.9 Å². The highest BCUT2D eigenvalue weighted by Crippen LogP contribution is 2.43. The number of phosphoric acid groups is 1. The molecule has 8 nitrogen and oxygen atoms in total. The van der Waals surface area contributed by atoms with Crippen molar-refractivity contribution in [3.8, 4) is 0 Å². The molecule has 0 aliphatic carbocycles. The number of unbranched alkanes of at least 4 members (excludes halogenated alkanes) is 22. The fraction of sp³-hybridized carbons (Fsp3) is 0.776. The van der Waals surface area contributed by atoms with Crippen LogP contribution in [0.25, 0.3) is 0 Å². The Balaban J connectivity index is 4.00. The van der Waals surface area contributed by atoms with E-state index in [1.54, 1.807) is 0 Å². The van der Waals surface area contributed by atoms with Gasteiger partial charge in [0.15, 0.2) is 0 Å². The van der Waals surface area contributed by atoms with Crippen molar-refractivity contribution in [2.24, 2.45) is 5.73 Å². The Morgan fingerprint density at radius 3 is 1.45 bits per heavy atom. The van der Waals surface area contributed by atoms with E-state index in [0.29, 0.717) is 13.0 Å². The zero-order chi connectivity index (χ0) is 42.3. The lowest BCUT2D eigenvalue weighted by molar-refractivity contribution is -0.154. The second kappa shape index (κ2) is 46.3. The van der Waals surface area contributed by atoms with Crippen LogP contribution in [0.2, 0.25) is 0 Å². The van der Waals surface area contributed by atoms with Crippen LogP contribution in [0.3, 0.4) is 0 Å². The molecule has 2 unspecified atom stereocenters. The maximum atomic E-state index is 12.6. The van der Waals surface area contributed by atoms with Gasteiger partial charge in [-0.3, -0.25) is 13.8 Å². The topological polar surface area (TPSA) is 117 Å². The number of nitrogens with two attached hydrogens (primary N) is 1. The van der Waals surface area contributed by atoms with Crippen LogP contribution in [0.5, 0.6) is 0 Å². The highest BCUT2D eigenvalue weighted by Gasteiger charge is 2.25. The summed E-state index contributed by atoms with van der Waals surface area (Å²) in [7, 11) is -4.29. The molecule has 2 atom stereocenters. The highest BCUT2D eigenvalue weighted by atomic mass is 31.2. The van der Waals surface area contributed by atoms with Crippen LogP contribution in [0.15, 0.2) is 60.8 Å². The van der Waals surface area contributed by atoms with Crippen molar-refractivity contribution in [2.75, 3.05) is 33.0 Å². The molecule has 0 amide bonds. The van der Waals surface area contributed by atoms with Gasteiger partial charge in [0.2, 0.25) is 0 Å². The van der Waals surface area contributed by atoms with Gasteiger partial charge in [-0.25, -0.2) is 4.57 Å². The van der Waals surface area contributed by atoms with Crippen molar-refractivity contribution in [2.45, 2.75) is 213 Å². The number of hydrogen-bond donors (Lipinski definition) is 2. The Bertz CT molecular complexity index is 1070. The lowest BCUT2D eigenvalue weighted by Crippen LogP contribution is -2.28. The minimum absolute atomic E-state index is 0.0960. The van der Waals surface area contributed by atoms with Gasteiger partial charge < -0.3 is 20.1 Å². The SMILES string of the molecule is CC/C=C\C/C=C\C/C=C\CCCCCCCCCCOCC(COP(=O)(O)OCCN)OC(=O)CCCCCCCCCCC/C=C\C/C=C\CCCCCCC. The molecule has 0 aromatic rings. The second-order valence-electron chi connectivity index (χ2n) is 15.6. The van der Waals surface area contributed by atoms with Crippen molar-refractivity contribution in [3.63, 3.8) is 0 Å². The molecule has 0 spiro atoms. The molecule has 0 radical (unpaired) electrons. The molecule has 0 heterocycles. The average Bonchev–Trinajstić information content (AvgIpc) is 3.21. The van der Waals surface area contributed by atoms with Crippen molar-refractivity contribution in [1.82, 2.24) is 0 Å². The van der Waals surface area contributed by atoms with Gasteiger partial charge >= 0.3 is 13.8 Å². The first-order valence-corrected chi connectivity index (χ1v) is 25.3. The second-order valence-corrected chi connectivity index (χ2v) is 17.0. The van der Waals surface area contributed by atoms with E-state index in [0.717, 1.165) is 64.2 Å². The van der Waals surface area contributed by atoms with Crippen molar-refractivity contribution >= 4 is 13.8 Å². The van der Waals surface area contributed by atoms with E-state index in [4.69, 9.17) is 24.3 Å². The lowest BCUT2D eigenvalue weighted by Gasteiger charge is -2.20. The number of hydrogen-bond acceptors (Lipinski definition) is 7. The summed E-state index contributed by atoms with van der Waals surface area (Å²) in [5.74, 6) is -0.338. The smallest absolute Gasteiger partial charge is 0.457 e. The summed E-state index contributed by atoms with van der Waals surface area (Å²) in [5.41, 5.74) is 5.38. The van der Waals surface area contributed by atoms with Crippen molar-refractivity contribution in [1.29, 1.82) is 0 Å². The summed E-state index contributed by atoms with van der Waals surface area (Å²) in [6.07, 6.45) is 56.7. The largest absolute Gasteiger partial charge is 0.472 e. The monoisotopic (exact) mass is 836 g/mol. The number of phosphoric ester groups is 1. The first-order chi connectivity index (χ1) is 28.4. The lowest BCUT2D eigenvalue weighted by atomic mass is 10.1.